The van der Waals surface area contributed by atoms with Gasteiger partial charge in [0.05, 0.1) is 6.04 Å². The zero-order chi connectivity index (χ0) is 10.3. The summed E-state index contributed by atoms with van der Waals surface area (Å²) in [5.74, 6) is 0.180. The zero-order valence-corrected chi connectivity index (χ0v) is 8.42. The van der Waals surface area contributed by atoms with Crippen molar-refractivity contribution in [2.24, 2.45) is 0 Å². The average molecular weight is 178 g/mol. The fraction of sp³-hybridized carbons (Fsp3) is 0.875. The van der Waals surface area contributed by atoms with Crippen molar-refractivity contribution in [2.75, 3.05) is 13.6 Å². The van der Waals surface area contributed by atoms with Gasteiger partial charge in [-0.3, -0.25) is 4.79 Å². The number of carbonyl (C=O) groups excluding carboxylic acids is 1. The molecule has 0 rings (SSSR count). The lowest BCUT2D eigenvalue weighted by Crippen LogP contribution is -2.32. The molecule has 4 radical (unpaired) electrons. The maximum Gasteiger partial charge on any atom is 0.166 e. The first-order valence-corrected chi connectivity index (χ1v) is 4.52. The lowest BCUT2D eigenvalue weighted by Gasteiger charge is -2.14. The van der Waals surface area contributed by atoms with E-state index < -0.39 is 0 Å². The van der Waals surface area contributed by atoms with Crippen LogP contribution in [-0.4, -0.2) is 46.1 Å². The summed E-state index contributed by atoms with van der Waals surface area (Å²) in [6.07, 6.45) is 2.72. The number of ketones is 1. The molecule has 0 aromatic heterocycles. The minimum atomic E-state index is -0.0241. The number of likely N-dealkylation sites (N-methyl/N-ethyl adjacent to an activating group) is 1. The van der Waals surface area contributed by atoms with Crippen molar-refractivity contribution >= 4 is 21.7 Å². The number of unbranched alkanes of at least 4 members (excludes halogenated alkanes) is 1. The average Bonchev–Trinajstić information content (AvgIpc) is 2.03. The first-order chi connectivity index (χ1) is 6.07. The molecule has 0 aromatic rings. The highest BCUT2D eigenvalue weighted by atomic mass is 16.1. The Kier molecular flexibility index (Phi) is 7.00. The fourth-order valence-corrected chi connectivity index (χ4v) is 1.19. The largest absolute Gasteiger partial charge is 0.404 e. The molecule has 0 aliphatic carbocycles. The molecule has 1 N–H and O–H groups in total. The van der Waals surface area contributed by atoms with E-state index in [0.717, 1.165) is 19.3 Å². The molecule has 0 aromatic carbocycles. The summed E-state index contributed by atoms with van der Waals surface area (Å²) < 4.78 is 1.17. The molecular formula is C8H16B2N2O. The molecule has 13 heavy (non-hydrogen) atoms. The summed E-state index contributed by atoms with van der Waals surface area (Å²) in [6, 6.07) is -0.0241. The quantitative estimate of drug-likeness (QED) is 0.432. The number of Topliss-reactive ketones (excluding diaryl/α,β-unsaturated/α-hetero) is 1. The van der Waals surface area contributed by atoms with Gasteiger partial charge in [-0.15, -0.1) is 0 Å². The predicted octanol–water partition coefficient (Wildman–Crippen LogP) is -0.197. The molecule has 0 aliphatic heterocycles. The van der Waals surface area contributed by atoms with E-state index in [2.05, 4.69) is 5.32 Å². The van der Waals surface area contributed by atoms with Gasteiger partial charge in [-0.05, 0) is 33.4 Å². The second-order valence-electron chi connectivity index (χ2n) is 3.19. The van der Waals surface area contributed by atoms with Crippen LogP contribution in [0.15, 0.2) is 0 Å². The second-order valence-corrected chi connectivity index (χ2v) is 3.19. The number of rotatable bonds is 7. The molecule has 70 valence electrons. The van der Waals surface area contributed by atoms with E-state index in [1.54, 1.807) is 14.0 Å². The summed E-state index contributed by atoms with van der Waals surface area (Å²) in [7, 11) is 12.3. The highest BCUT2D eigenvalue weighted by Gasteiger charge is 2.09. The highest BCUT2D eigenvalue weighted by Crippen LogP contribution is 2.01. The van der Waals surface area contributed by atoms with Crippen LogP contribution in [0.25, 0.3) is 0 Å². The molecule has 0 aliphatic rings. The molecule has 3 nitrogen and oxygen atoms in total. The van der Waals surface area contributed by atoms with E-state index in [1.807, 2.05) is 0 Å². The van der Waals surface area contributed by atoms with Gasteiger partial charge in [-0.25, -0.2) is 0 Å². The molecule has 0 saturated heterocycles. The molecule has 0 amide bonds. The van der Waals surface area contributed by atoms with E-state index in [4.69, 9.17) is 16.0 Å². The van der Waals surface area contributed by atoms with E-state index in [-0.39, 0.29) is 11.8 Å². The van der Waals surface area contributed by atoms with Crippen molar-refractivity contribution in [3.63, 3.8) is 0 Å². The third kappa shape index (κ3) is 6.84. The van der Waals surface area contributed by atoms with Crippen molar-refractivity contribution in [2.45, 2.75) is 32.2 Å². The lowest BCUT2D eigenvalue weighted by molar-refractivity contribution is -0.119. The molecule has 0 heterocycles. The summed E-state index contributed by atoms with van der Waals surface area (Å²) in [5.41, 5.74) is 0. The summed E-state index contributed by atoms with van der Waals surface area (Å²) in [5, 5.41) is 2.96. The SMILES string of the molecule is [B]N([B])CCCCC(NC)C(C)=O. The number of hydrogen-bond acceptors (Lipinski definition) is 3. The Hall–Kier alpha value is -0.280. The van der Waals surface area contributed by atoms with Gasteiger partial charge in [0, 0.05) is 0 Å². The molecule has 1 atom stereocenters. The van der Waals surface area contributed by atoms with Crippen molar-refractivity contribution in [1.29, 1.82) is 0 Å². The van der Waals surface area contributed by atoms with Gasteiger partial charge in [0.15, 0.2) is 16.0 Å². The van der Waals surface area contributed by atoms with Gasteiger partial charge in [-0.1, -0.05) is 6.42 Å². The third-order valence-corrected chi connectivity index (χ3v) is 2.00. The Bertz CT molecular complexity index is 153. The monoisotopic (exact) mass is 178 g/mol. The minimum absolute atomic E-state index is 0.0241. The number of nitrogens with one attached hydrogen (secondary N) is 1. The van der Waals surface area contributed by atoms with Crippen LogP contribution in [0.4, 0.5) is 0 Å². The van der Waals surface area contributed by atoms with Crippen molar-refractivity contribution in [1.82, 2.24) is 10.0 Å². The smallest absolute Gasteiger partial charge is 0.166 e. The van der Waals surface area contributed by atoms with Gasteiger partial charge >= 0.3 is 0 Å². The number of hydrogen-bond donors (Lipinski definition) is 1. The van der Waals surface area contributed by atoms with Gasteiger partial charge in [0.2, 0.25) is 0 Å². The molecule has 0 fully saturated rings. The predicted molar refractivity (Wildman–Crippen MR) is 55.6 cm³/mol. The van der Waals surface area contributed by atoms with Crippen molar-refractivity contribution in [3.05, 3.63) is 0 Å². The van der Waals surface area contributed by atoms with E-state index >= 15 is 0 Å². The van der Waals surface area contributed by atoms with Crippen LogP contribution in [-0.2, 0) is 4.79 Å². The standard InChI is InChI=1S/C8H16B2N2O/c1-7(13)8(11-2)5-3-4-6-12(9)10/h8,11H,3-6H2,1-2H3. The zero-order valence-electron chi connectivity index (χ0n) is 8.42. The fourth-order valence-electron chi connectivity index (χ4n) is 1.19. The van der Waals surface area contributed by atoms with Crippen molar-refractivity contribution in [3.8, 4) is 0 Å². The van der Waals surface area contributed by atoms with Crippen LogP contribution < -0.4 is 5.32 Å². The van der Waals surface area contributed by atoms with E-state index in [0.29, 0.717) is 6.54 Å². The molecule has 0 spiro atoms. The minimum Gasteiger partial charge on any atom is -0.404 e. The Balaban J connectivity index is 3.44. The maximum atomic E-state index is 11.0. The normalized spacial score (nSPS) is 13.2. The summed E-state index contributed by atoms with van der Waals surface area (Å²) in [4.78, 5) is 11.0. The van der Waals surface area contributed by atoms with Gasteiger partial charge in [0.25, 0.3) is 0 Å². The molecular weight excluding hydrogens is 162 g/mol. The Morgan fingerprint density at radius 2 is 2.08 bits per heavy atom. The van der Waals surface area contributed by atoms with Crippen LogP contribution in [0.3, 0.4) is 0 Å². The molecule has 1 unspecified atom stereocenters. The van der Waals surface area contributed by atoms with Gasteiger partial charge in [-0.2, -0.15) is 0 Å². The second kappa shape index (κ2) is 7.15. The first-order valence-electron chi connectivity index (χ1n) is 4.52. The Labute approximate surface area is 83.1 Å². The van der Waals surface area contributed by atoms with Gasteiger partial charge in [0.1, 0.15) is 5.78 Å². The van der Waals surface area contributed by atoms with Crippen LogP contribution in [0.1, 0.15) is 26.2 Å². The topological polar surface area (TPSA) is 32.3 Å². The van der Waals surface area contributed by atoms with Gasteiger partial charge < -0.3 is 10.0 Å². The molecule has 0 saturated carbocycles. The van der Waals surface area contributed by atoms with E-state index in [9.17, 15) is 4.79 Å². The lowest BCUT2D eigenvalue weighted by atomic mass is 10.0. The highest BCUT2D eigenvalue weighted by molar-refractivity contribution is 6.24. The van der Waals surface area contributed by atoms with Crippen LogP contribution in [0.2, 0.25) is 0 Å². The Morgan fingerprint density at radius 1 is 1.46 bits per heavy atom. The molecule has 5 heteroatoms. The number of carbonyl (C=O) groups is 1. The third-order valence-electron chi connectivity index (χ3n) is 2.00. The van der Waals surface area contributed by atoms with Crippen LogP contribution in [0, 0.1) is 0 Å². The maximum absolute atomic E-state index is 11.0. The number of nitrogens with zero attached hydrogens (tertiary/aromatic N) is 1. The van der Waals surface area contributed by atoms with Crippen LogP contribution >= 0.6 is 0 Å². The summed E-state index contributed by atoms with van der Waals surface area (Å²) >= 11 is 0. The first kappa shape index (κ1) is 12.7. The van der Waals surface area contributed by atoms with E-state index in [1.165, 1.54) is 4.72 Å². The molecule has 0 bridgehead atoms. The Morgan fingerprint density at radius 3 is 2.46 bits per heavy atom. The van der Waals surface area contributed by atoms with Crippen LogP contribution in [0.5, 0.6) is 0 Å². The summed E-state index contributed by atoms with van der Waals surface area (Å²) in [6.45, 7) is 2.26. The van der Waals surface area contributed by atoms with Crippen molar-refractivity contribution < 1.29 is 4.79 Å².